The lowest BCUT2D eigenvalue weighted by Gasteiger charge is -2.16. The van der Waals surface area contributed by atoms with Crippen LogP contribution in [0.2, 0.25) is 0 Å². The van der Waals surface area contributed by atoms with Crippen LogP contribution in [-0.4, -0.2) is 37.0 Å². The van der Waals surface area contributed by atoms with Gasteiger partial charge in [0.15, 0.2) is 28.3 Å². The van der Waals surface area contributed by atoms with Crippen LogP contribution in [0.15, 0.2) is 28.9 Å². The molecule has 0 aliphatic rings. The summed E-state index contributed by atoms with van der Waals surface area (Å²) in [4.78, 5) is 36.8. The van der Waals surface area contributed by atoms with Gasteiger partial charge in [-0.05, 0) is 41.9 Å². The van der Waals surface area contributed by atoms with Gasteiger partial charge in [-0.3, -0.25) is 9.69 Å². The second-order valence-corrected chi connectivity index (χ2v) is 7.77. The van der Waals surface area contributed by atoms with Crippen LogP contribution in [0.25, 0.3) is 22.2 Å². The number of nitrogens with one attached hydrogen (secondary N) is 1. The molecule has 0 aliphatic heterocycles. The number of carbonyl (C=O) groups is 2. The molecule has 12 heteroatoms. The first-order valence-corrected chi connectivity index (χ1v) is 10.5. The van der Waals surface area contributed by atoms with E-state index in [1.807, 2.05) is 18.4 Å². The van der Waals surface area contributed by atoms with Crippen molar-refractivity contribution in [3.05, 3.63) is 40.3 Å². The van der Waals surface area contributed by atoms with Crippen molar-refractivity contribution in [1.29, 1.82) is 0 Å². The second kappa shape index (κ2) is 9.25. The van der Waals surface area contributed by atoms with Crippen molar-refractivity contribution in [2.75, 3.05) is 10.6 Å². The molecular weight excluding hydrogens is 546 g/mol. The molecule has 1 aromatic carbocycles. The standard InChI is InChI=1S/C20H20BrN7O3.BrH/c1-3-27-13-6-5-11(20(30)31)7-14(13)28(4-2)15(27)9-26(10-29)19-17(22)25-18-16(24-19)12(21)8-23-18;/h5-8,10H,3-4,9H2,1-2H3,(H3-,22,23,24,25,30,31);1H. The number of carboxylic acid groups (broad SMARTS) is 1. The van der Waals surface area contributed by atoms with Gasteiger partial charge in [0.1, 0.15) is 12.1 Å². The molecule has 0 unspecified atom stereocenters. The lowest BCUT2D eigenvalue weighted by molar-refractivity contribution is -0.676. The monoisotopic (exact) mass is 565 g/mol. The molecule has 10 nitrogen and oxygen atoms in total. The number of nitrogen functional groups attached to an aromatic ring is 1. The molecule has 32 heavy (non-hydrogen) atoms. The molecule has 0 spiro atoms. The van der Waals surface area contributed by atoms with E-state index in [9.17, 15) is 14.7 Å². The number of aromatic nitrogens is 5. The van der Waals surface area contributed by atoms with Crippen molar-refractivity contribution >= 4 is 62.1 Å². The molecule has 168 valence electrons. The Morgan fingerprint density at radius 3 is 2.75 bits per heavy atom. The van der Waals surface area contributed by atoms with Crippen LogP contribution in [-0.2, 0) is 24.4 Å². The summed E-state index contributed by atoms with van der Waals surface area (Å²) in [5.41, 5.74) is 9.08. The molecule has 0 aliphatic carbocycles. The van der Waals surface area contributed by atoms with E-state index in [-0.39, 0.29) is 40.7 Å². The Bertz CT molecular complexity index is 1330. The maximum absolute atomic E-state index is 12.1. The lowest BCUT2D eigenvalue weighted by Crippen LogP contribution is -3.00. The van der Waals surface area contributed by atoms with Gasteiger partial charge in [0.2, 0.25) is 6.41 Å². The molecule has 4 aromatic rings. The van der Waals surface area contributed by atoms with Gasteiger partial charge in [0, 0.05) is 12.3 Å². The summed E-state index contributed by atoms with van der Waals surface area (Å²) in [5.74, 6) is 0.219. The number of halogens is 2. The van der Waals surface area contributed by atoms with Crippen molar-refractivity contribution in [2.45, 2.75) is 33.5 Å². The molecule has 0 saturated heterocycles. The third kappa shape index (κ3) is 3.84. The fraction of sp³-hybridized carbons (Fsp3) is 0.250. The van der Waals surface area contributed by atoms with E-state index in [2.05, 4.69) is 35.4 Å². The average molecular weight is 567 g/mol. The first-order chi connectivity index (χ1) is 14.9. The van der Waals surface area contributed by atoms with Gasteiger partial charge in [-0.2, -0.15) is 0 Å². The van der Waals surface area contributed by atoms with Crippen LogP contribution in [0.4, 0.5) is 11.6 Å². The summed E-state index contributed by atoms with van der Waals surface area (Å²) in [7, 11) is 0. The van der Waals surface area contributed by atoms with E-state index in [0.29, 0.717) is 30.7 Å². The molecule has 4 N–H and O–H groups in total. The van der Waals surface area contributed by atoms with Gasteiger partial charge >= 0.3 is 5.97 Å². The van der Waals surface area contributed by atoms with Gasteiger partial charge in [0.25, 0.3) is 5.82 Å². The number of hydrogen-bond donors (Lipinski definition) is 3. The number of carboxylic acids is 1. The molecule has 0 fully saturated rings. The fourth-order valence-electron chi connectivity index (χ4n) is 3.83. The molecule has 3 heterocycles. The fourth-order valence-corrected chi connectivity index (χ4v) is 4.22. The van der Waals surface area contributed by atoms with E-state index < -0.39 is 5.97 Å². The lowest BCUT2D eigenvalue weighted by atomic mass is 10.2. The number of nitrogens with two attached hydrogens (primary N) is 1. The highest BCUT2D eigenvalue weighted by atomic mass is 79.9. The number of fused-ring (bicyclic) bond motifs is 2. The Hall–Kier alpha value is -2.99. The number of hydrogen-bond acceptors (Lipinski definition) is 5. The topological polar surface area (TPSA) is 134 Å². The molecule has 1 amide bonds. The average Bonchev–Trinajstić information content (AvgIpc) is 3.27. The minimum absolute atomic E-state index is 0. The number of benzene rings is 1. The highest BCUT2D eigenvalue weighted by Gasteiger charge is 2.28. The number of H-pyrrole nitrogens is 1. The Balaban J connectivity index is 0.00000289. The summed E-state index contributed by atoms with van der Waals surface area (Å²) in [6.07, 6.45) is 2.38. The molecule has 0 bridgehead atoms. The van der Waals surface area contributed by atoms with Crippen LogP contribution >= 0.6 is 15.9 Å². The second-order valence-electron chi connectivity index (χ2n) is 6.91. The highest BCUT2D eigenvalue weighted by molar-refractivity contribution is 9.10. The van der Waals surface area contributed by atoms with Crippen molar-refractivity contribution < 1.29 is 36.2 Å². The van der Waals surface area contributed by atoms with Crippen molar-refractivity contribution in [3.63, 3.8) is 0 Å². The summed E-state index contributed by atoms with van der Waals surface area (Å²) in [6.45, 7) is 5.39. The number of nitrogens with zero attached hydrogens (tertiary/aromatic N) is 5. The largest absolute Gasteiger partial charge is 1.00 e. The highest BCUT2D eigenvalue weighted by Crippen LogP contribution is 2.27. The SMILES string of the molecule is CCn1c(CN(C=O)c2nc3c(Br)c[nH]c3nc2N)[n+](CC)c2ccc(C(=O)O)cc21.[Br-]. The van der Waals surface area contributed by atoms with E-state index in [4.69, 9.17) is 5.73 Å². The van der Waals surface area contributed by atoms with Crippen LogP contribution in [0, 0.1) is 0 Å². The Morgan fingerprint density at radius 1 is 1.38 bits per heavy atom. The van der Waals surface area contributed by atoms with Crippen LogP contribution in [0.1, 0.15) is 30.0 Å². The number of aromatic amines is 1. The zero-order chi connectivity index (χ0) is 22.3. The minimum Gasteiger partial charge on any atom is -1.00 e. The number of rotatable bonds is 7. The van der Waals surface area contributed by atoms with Crippen molar-refractivity contribution in [1.82, 2.24) is 19.5 Å². The van der Waals surface area contributed by atoms with E-state index in [1.165, 1.54) is 4.90 Å². The first-order valence-electron chi connectivity index (χ1n) is 9.69. The quantitative estimate of drug-likeness (QED) is 0.203. The molecule has 0 radical (unpaired) electrons. The Labute approximate surface area is 202 Å². The Kier molecular flexibility index (Phi) is 6.84. The van der Waals surface area contributed by atoms with Gasteiger partial charge in [-0.15, -0.1) is 0 Å². The molecule has 3 aromatic heterocycles. The number of carbonyl (C=O) groups excluding carboxylic acids is 1. The third-order valence-corrected chi connectivity index (χ3v) is 5.84. The zero-order valence-corrected chi connectivity index (χ0v) is 20.5. The van der Waals surface area contributed by atoms with Crippen molar-refractivity contribution in [3.8, 4) is 0 Å². The number of anilines is 2. The van der Waals surface area contributed by atoms with E-state index >= 15 is 0 Å². The number of aryl methyl sites for hydroxylation is 2. The predicted octanol–water partition coefficient (Wildman–Crippen LogP) is -0.550. The number of imidazole rings is 1. The summed E-state index contributed by atoms with van der Waals surface area (Å²) in [5, 5.41) is 9.39. The zero-order valence-electron chi connectivity index (χ0n) is 17.3. The maximum Gasteiger partial charge on any atom is 0.335 e. The predicted molar refractivity (Wildman–Crippen MR) is 119 cm³/mol. The Morgan fingerprint density at radius 2 is 2.12 bits per heavy atom. The third-order valence-electron chi connectivity index (χ3n) is 5.24. The van der Waals surface area contributed by atoms with Gasteiger partial charge in [-0.25, -0.2) is 23.9 Å². The van der Waals surface area contributed by atoms with Crippen LogP contribution in [0.3, 0.4) is 0 Å². The van der Waals surface area contributed by atoms with Crippen LogP contribution < -0.4 is 32.2 Å². The first kappa shape index (κ1) is 23.7. The van der Waals surface area contributed by atoms with Gasteiger partial charge < -0.3 is 32.8 Å². The number of aromatic carboxylic acids is 1. The van der Waals surface area contributed by atoms with E-state index in [1.54, 1.807) is 24.4 Å². The molecule has 0 atom stereocenters. The summed E-state index contributed by atoms with van der Waals surface area (Å²) < 4.78 is 4.76. The van der Waals surface area contributed by atoms with Crippen molar-refractivity contribution in [2.24, 2.45) is 0 Å². The summed E-state index contributed by atoms with van der Waals surface area (Å²) >= 11 is 3.41. The van der Waals surface area contributed by atoms with Crippen LogP contribution in [0.5, 0.6) is 0 Å². The molecular formula is C20H21Br2N7O3. The van der Waals surface area contributed by atoms with Gasteiger partial charge in [-0.1, -0.05) is 0 Å². The number of amides is 1. The minimum atomic E-state index is -0.988. The normalized spacial score (nSPS) is 11.0. The molecule has 0 saturated carbocycles. The van der Waals surface area contributed by atoms with Gasteiger partial charge in [0.05, 0.1) is 23.1 Å². The molecule has 4 rings (SSSR count). The smallest absolute Gasteiger partial charge is 0.335 e. The summed E-state index contributed by atoms with van der Waals surface area (Å²) in [6, 6.07) is 5.03. The maximum atomic E-state index is 12.1. The van der Waals surface area contributed by atoms with E-state index in [0.717, 1.165) is 21.3 Å².